The lowest BCUT2D eigenvalue weighted by molar-refractivity contribution is -0.116. The lowest BCUT2D eigenvalue weighted by Gasteiger charge is -1.95. The molecule has 0 bridgehead atoms. The normalized spacial score (nSPS) is 10.7. The van der Waals surface area contributed by atoms with Crippen molar-refractivity contribution in [2.75, 3.05) is 0 Å². The van der Waals surface area contributed by atoms with Gasteiger partial charge >= 0.3 is 0 Å². The molecule has 1 aromatic carbocycles. The van der Waals surface area contributed by atoms with Gasteiger partial charge in [0.25, 0.3) is 0 Å². The van der Waals surface area contributed by atoms with Crippen LogP contribution in [0.2, 0.25) is 0 Å². The Morgan fingerprint density at radius 1 is 1.50 bits per heavy atom. The van der Waals surface area contributed by atoms with E-state index in [-0.39, 0.29) is 5.78 Å². The first kappa shape index (κ1) is 9.87. The molecule has 0 N–H and O–H groups in total. The third kappa shape index (κ3) is 1.88. The van der Waals surface area contributed by atoms with Gasteiger partial charge in [-0.05, 0) is 35.4 Å². The summed E-state index contributed by atoms with van der Waals surface area (Å²) in [5.41, 5.74) is 1.14. The molecule has 2 aromatic rings. The van der Waals surface area contributed by atoms with Gasteiger partial charge in [-0.2, -0.15) is 0 Å². The van der Waals surface area contributed by atoms with Gasteiger partial charge in [-0.1, -0.05) is 22.0 Å². The average Bonchev–Trinajstić information content (AvgIpc) is 2.47. The van der Waals surface area contributed by atoms with Crippen LogP contribution < -0.4 is 0 Å². The number of fused-ring (bicyclic) bond motifs is 1. The van der Waals surface area contributed by atoms with Crippen LogP contribution in [0.1, 0.15) is 12.5 Å². The van der Waals surface area contributed by atoms with Gasteiger partial charge in [0.1, 0.15) is 5.78 Å². The topological polar surface area (TPSA) is 17.1 Å². The minimum atomic E-state index is 0.215. The molecule has 14 heavy (non-hydrogen) atoms. The molecule has 2 rings (SSSR count). The van der Waals surface area contributed by atoms with Crippen molar-refractivity contribution in [3.05, 3.63) is 33.6 Å². The van der Waals surface area contributed by atoms with Gasteiger partial charge in [-0.15, -0.1) is 11.3 Å². The zero-order chi connectivity index (χ0) is 10.1. The molecule has 3 heteroatoms. The number of thiophene rings is 1. The second-order valence-electron chi connectivity index (χ2n) is 3.28. The van der Waals surface area contributed by atoms with Crippen molar-refractivity contribution in [3.63, 3.8) is 0 Å². The van der Waals surface area contributed by atoms with Gasteiger partial charge in [-0.3, -0.25) is 4.79 Å². The largest absolute Gasteiger partial charge is 0.300 e. The first-order valence-corrected chi connectivity index (χ1v) is 5.99. The van der Waals surface area contributed by atoms with Crippen molar-refractivity contribution in [2.24, 2.45) is 0 Å². The highest BCUT2D eigenvalue weighted by Crippen LogP contribution is 2.29. The fourth-order valence-electron chi connectivity index (χ4n) is 1.46. The van der Waals surface area contributed by atoms with E-state index in [0.29, 0.717) is 6.42 Å². The average molecular weight is 269 g/mol. The van der Waals surface area contributed by atoms with E-state index in [9.17, 15) is 4.79 Å². The summed E-state index contributed by atoms with van der Waals surface area (Å²) in [6, 6.07) is 6.16. The Morgan fingerprint density at radius 2 is 2.29 bits per heavy atom. The van der Waals surface area contributed by atoms with Gasteiger partial charge in [0.15, 0.2) is 0 Å². The van der Waals surface area contributed by atoms with Crippen LogP contribution in [-0.2, 0) is 11.2 Å². The van der Waals surface area contributed by atoms with Crippen LogP contribution >= 0.6 is 27.3 Å². The van der Waals surface area contributed by atoms with E-state index in [1.54, 1.807) is 18.3 Å². The van der Waals surface area contributed by atoms with Crippen molar-refractivity contribution in [1.82, 2.24) is 0 Å². The summed E-state index contributed by atoms with van der Waals surface area (Å²) in [4.78, 5) is 11.0. The highest BCUT2D eigenvalue weighted by atomic mass is 79.9. The second-order valence-corrected chi connectivity index (χ2v) is 5.11. The van der Waals surface area contributed by atoms with E-state index in [4.69, 9.17) is 0 Å². The maximum atomic E-state index is 11.0. The molecule has 0 aliphatic rings. The van der Waals surface area contributed by atoms with E-state index in [2.05, 4.69) is 33.4 Å². The molecule has 0 fully saturated rings. The van der Waals surface area contributed by atoms with Crippen molar-refractivity contribution in [3.8, 4) is 0 Å². The van der Waals surface area contributed by atoms with Gasteiger partial charge in [0.2, 0.25) is 0 Å². The van der Waals surface area contributed by atoms with Crippen molar-refractivity contribution >= 4 is 43.1 Å². The molecular formula is C11H9BrOS. The molecule has 0 saturated carbocycles. The number of carbonyl (C=O) groups is 1. The fourth-order valence-corrected chi connectivity index (χ4v) is 2.98. The molecule has 72 valence electrons. The Labute approximate surface area is 94.9 Å². The molecule has 0 amide bonds. The maximum Gasteiger partial charge on any atom is 0.134 e. The van der Waals surface area contributed by atoms with Crippen molar-refractivity contribution in [2.45, 2.75) is 13.3 Å². The SMILES string of the molecule is CC(=O)Cc1csc2cc(Br)ccc12. The quantitative estimate of drug-likeness (QED) is 0.810. The van der Waals surface area contributed by atoms with Crippen LogP contribution in [0, 0.1) is 0 Å². The number of ketones is 1. The van der Waals surface area contributed by atoms with Crippen LogP contribution in [0.15, 0.2) is 28.1 Å². The van der Waals surface area contributed by atoms with Gasteiger partial charge in [-0.25, -0.2) is 0 Å². The Bertz CT molecular complexity index is 487. The minimum Gasteiger partial charge on any atom is -0.300 e. The number of benzene rings is 1. The van der Waals surface area contributed by atoms with Crippen LogP contribution in [-0.4, -0.2) is 5.78 Å². The van der Waals surface area contributed by atoms with Crippen molar-refractivity contribution < 1.29 is 4.79 Å². The molecule has 1 heterocycles. The summed E-state index contributed by atoms with van der Waals surface area (Å²) < 4.78 is 2.32. The van der Waals surface area contributed by atoms with E-state index < -0.39 is 0 Å². The fraction of sp³-hybridized carbons (Fsp3) is 0.182. The first-order valence-electron chi connectivity index (χ1n) is 4.32. The zero-order valence-corrected chi connectivity index (χ0v) is 10.1. The smallest absolute Gasteiger partial charge is 0.134 e. The molecule has 1 nitrogen and oxygen atoms in total. The van der Waals surface area contributed by atoms with Crippen LogP contribution in [0.4, 0.5) is 0 Å². The van der Waals surface area contributed by atoms with Crippen LogP contribution in [0.25, 0.3) is 10.1 Å². The number of rotatable bonds is 2. The summed E-state index contributed by atoms with van der Waals surface area (Å²) in [7, 11) is 0. The Balaban J connectivity index is 2.52. The molecule has 1 aromatic heterocycles. The van der Waals surface area contributed by atoms with E-state index in [1.165, 1.54) is 10.1 Å². The number of hydrogen-bond acceptors (Lipinski definition) is 2. The van der Waals surface area contributed by atoms with Gasteiger partial charge in [0.05, 0.1) is 0 Å². The van der Waals surface area contributed by atoms with Crippen LogP contribution in [0.3, 0.4) is 0 Å². The standard InChI is InChI=1S/C11H9BrOS/c1-7(13)4-8-6-14-11-5-9(12)2-3-10(8)11/h2-3,5-6H,4H2,1H3. The summed E-state index contributed by atoms with van der Waals surface area (Å²) in [5, 5.41) is 3.27. The molecule has 0 spiro atoms. The minimum absolute atomic E-state index is 0.215. The van der Waals surface area contributed by atoms with Crippen LogP contribution in [0.5, 0.6) is 0 Å². The van der Waals surface area contributed by atoms with E-state index >= 15 is 0 Å². The molecule has 0 aliphatic carbocycles. The Morgan fingerprint density at radius 3 is 3.00 bits per heavy atom. The highest BCUT2D eigenvalue weighted by Gasteiger charge is 2.05. The summed E-state index contributed by atoms with van der Waals surface area (Å²) >= 11 is 5.12. The van der Waals surface area contributed by atoms with E-state index in [1.807, 2.05) is 6.07 Å². The Hall–Kier alpha value is -0.670. The maximum absolute atomic E-state index is 11.0. The third-order valence-corrected chi connectivity index (χ3v) is 3.54. The third-order valence-electron chi connectivity index (χ3n) is 2.06. The predicted molar refractivity (Wildman–Crippen MR) is 63.9 cm³/mol. The summed E-state index contributed by atoms with van der Waals surface area (Å²) in [6.07, 6.45) is 0.543. The second kappa shape index (κ2) is 3.83. The summed E-state index contributed by atoms with van der Waals surface area (Å²) in [6.45, 7) is 1.63. The molecule has 0 aliphatic heterocycles. The van der Waals surface area contributed by atoms with Gasteiger partial charge in [0, 0.05) is 15.6 Å². The zero-order valence-electron chi connectivity index (χ0n) is 7.71. The molecule has 0 atom stereocenters. The Kier molecular flexibility index (Phi) is 2.70. The highest BCUT2D eigenvalue weighted by molar-refractivity contribution is 9.10. The summed E-state index contributed by atoms with van der Waals surface area (Å²) in [5.74, 6) is 0.215. The number of halogens is 1. The number of carbonyl (C=O) groups excluding carboxylic acids is 1. The molecule has 0 saturated heterocycles. The van der Waals surface area contributed by atoms with Crippen molar-refractivity contribution in [1.29, 1.82) is 0 Å². The monoisotopic (exact) mass is 268 g/mol. The number of hydrogen-bond donors (Lipinski definition) is 0. The molecule has 0 unspecified atom stereocenters. The lowest BCUT2D eigenvalue weighted by atomic mass is 10.1. The van der Waals surface area contributed by atoms with E-state index in [0.717, 1.165) is 10.0 Å². The molecule has 0 radical (unpaired) electrons. The van der Waals surface area contributed by atoms with Gasteiger partial charge < -0.3 is 0 Å². The predicted octanol–water partition coefficient (Wildman–Crippen LogP) is 3.80. The lowest BCUT2D eigenvalue weighted by Crippen LogP contribution is -1.94. The molecular weight excluding hydrogens is 260 g/mol. The first-order chi connectivity index (χ1) is 6.66. The number of Topliss-reactive ketones (excluding diaryl/α,β-unsaturated/α-hetero) is 1.